The number of benzene rings is 2. The number of hydrogen-bond acceptors (Lipinski definition) is 5. The molecule has 6 heteroatoms. The zero-order valence-corrected chi connectivity index (χ0v) is 13.5. The van der Waals surface area contributed by atoms with Crippen LogP contribution in [0.3, 0.4) is 0 Å². The molecule has 3 rings (SSSR count). The van der Waals surface area contributed by atoms with Gasteiger partial charge < -0.3 is 13.9 Å². The Hall–Kier alpha value is -2.79. The molecule has 0 aliphatic rings. The summed E-state index contributed by atoms with van der Waals surface area (Å²) in [6.45, 7) is -0.218. The maximum Gasteiger partial charge on any atom is 0.343 e. The van der Waals surface area contributed by atoms with E-state index in [-0.39, 0.29) is 12.0 Å². The van der Waals surface area contributed by atoms with E-state index >= 15 is 0 Å². The number of fused-ring (bicyclic) bond motifs is 1. The Kier molecular flexibility index (Phi) is 4.53. The molecule has 0 radical (unpaired) electrons. The van der Waals surface area contributed by atoms with Crippen LogP contribution in [0.25, 0.3) is 22.1 Å². The summed E-state index contributed by atoms with van der Waals surface area (Å²) in [5, 5.41) is 0.875. The van der Waals surface area contributed by atoms with Gasteiger partial charge in [-0.1, -0.05) is 29.8 Å². The lowest BCUT2D eigenvalue weighted by Crippen LogP contribution is -2.12. The van der Waals surface area contributed by atoms with Crippen molar-refractivity contribution in [3.63, 3.8) is 0 Å². The Bertz CT molecular complexity index is 961. The first-order chi connectivity index (χ1) is 11.6. The van der Waals surface area contributed by atoms with E-state index in [1.54, 1.807) is 42.5 Å². The number of rotatable bonds is 4. The Labute approximate surface area is 142 Å². The molecule has 122 valence electrons. The summed E-state index contributed by atoms with van der Waals surface area (Å²) < 4.78 is 15.3. The van der Waals surface area contributed by atoms with Crippen LogP contribution in [0.15, 0.2) is 57.9 Å². The molecular formula is C18H13ClO5. The van der Waals surface area contributed by atoms with E-state index in [0.717, 1.165) is 0 Å². The van der Waals surface area contributed by atoms with Crippen molar-refractivity contribution in [1.82, 2.24) is 0 Å². The van der Waals surface area contributed by atoms with Crippen LogP contribution in [-0.2, 0) is 9.53 Å². The Morgan fingerprint density at radius 3 is 2.71 bits per heavy atom. The molecule has 0 N–H and O–H groups in total. The quantitative estimate of drug-likeness (QED) is 0.676. The van der Waals surface area contributed by atoms with Crippen LogP contribution in [0.5, 0.6) is 5.75 Å². The van der Waals surface area contributed by atoms with Gasteiger partial charge in [-0.15, -0.1) is 0 Å². The lowest BCUT2D eigenvalue weighted by Gasteiger charge is -2.07. The molecule has 0 unspecified atom stereocenters. The smallest absolute Gasteiger partial charge is 0.343 e. The van der Waals surface area contributed by atoms with E-state index in [1.165, 1.54) is 13.4 Å². The van der Waals surface area contributed by atoms with Gasteiger partial charge in [-0.25, -0.2) is 4.79 Å². The highest BCUT2D eigenvalue weighted by Gasteiger charge is 2.12. The van der Waals surface area contributed by atoms with Crippen molar-refractivity contribution in [3.05, 3.63) is 64.0 Å². The first kappa shape index (κ1) is 16.1. The fraction of sp³-hybridized carbons (Fsp3) is 0.111. The van der Waals surface area contributed by atoms with Gasteiger partial charge in [0.25, 0.3) is 0 Å². The Morgan fingerprint density at radius 1 is 1.17 bits per heavy atom. The molecule has 1 aromatic heterocycles. The number of carbonyl (C=O) groups is 1. The summed E-state index contributed by atoms with van der Waals surface area (Å²) in [6.07, 6.45) is 1.37. The molecule has 0 atom stereocenters. The van der Waals surface area contributed by atoms with Crippen molar-refractivity contribution in [2.45, 2.75) is 0 Å². The zero-order valence-electron chi connectivity index (χ0n) is 12.7. The van der Waals surface area contributed by atoms with Crippen LogP contribution in [0.1, 0.15) is 0 Å². The first-order valence-electron chi connectivity index (χ1n) is 7.10. The molecule has 0 aliphatic carbocycles. The molecule has 0 saturated carbocycles. The maximum absolute atomic E-state index is 12.7. The third kappa shape index (κ3) is 3.12. The third-order valence-electron chi connectivity index (χ3n) is 3.49. The minimum Gasteiger partial charge on any atom is -0.482 e. The van der Waals surface area contributed by atoms with Gasteiger partial charge in [0, 0.05) is 16.7 Å². The highest BCUT2D eigenvalue weighted by Crippen LogP contribution is 2.27. The molecule has 0 aliphatic heterocycles. The van der Waals surface area contributed by atoms with Crippen molar-refractivity contribution < 1.29 is 18.7 Å². The normalized spacial score (nSPS) is 10.6. The second-order valence-corrected chi connectivity index (χ2v) is 5.39. The van der Waals surface area contributed by atoms with Gasteiger partial charge in [0.15, 0.2) is 6.61 Å². The van der Waals surface area contributed by atoms with E-state index in [1.807, 2.05) is 0 Å². The highest BCUT2D eigenvalue weighted by atomic mass is 35.5. The molecule has 5 nitrogen and oxygen atoms in total. The van der Waals surface area contributed by atoms with Crippen molar-refractivity contribution in [2.24, 2.45) is 0 Å². The van der Waals surface area contributed by atoms with E-state index in [2.05, 4.69) is 4.74 Å². The molecule has 0 saturated heterocycles. The number of carbonyl (C=O) groups excluding carboxylic acids is 1. The lowest BCUT2D eigenvalue weighted by molar-refractivity contribution is -0.142. The van der Waals surface area contributed by atoms with Crippen LogP contribution in [0, 0.1) is 0 Å². The fourth-order valence-electron chi connectivity index (χ4n) is 2.27. The number of methoxy groups -OCH3 is 1. The van der Waals surface area contributed by atoms with E-state index in [9.17, 15) is 9.59 Å². The molecule has 0 amide bonds. The SMILES string of the molecule is COC(=O)COc1ccc2c(=O)c(-c3ccccc3Cl)coc2c1. The summed E-state index contributed by atoms with van der Waals surface area (Å²) in [4.78, 5) is 23.8. The van der Waals surface area contributed by atoms with Crippen LogP contribution in [-0.4, -0.2) is 19.7 Å². The summed E-state index contributed by atoms with van der Waals surface area (Å²) in [6, 6.07) is 11.8. The highest BCUT2D eigenvalue weighted by molar-refractivity contribution is 6.33. The van der Waals surface area contributed by atoms with Gasteiger partial charge in [0.05, 0.1) is 18.1 Å². The van der Waals surface area contributed by atoms with E-state index < -0.39 is 5.97 Å². The molecule has 0 fully saturated rings. The van der Waals surface area contributed by atoms with E-state index in [4.69, 9.17) is 20.8 Å². The predicted molar refractivity (Wildman–Crippen MR) is 90.4 cm³/mol. The summed E-state index contributed by atoms with van der Waals surface area (Å²) in [5.41, 5.74) is 1.17. The summed E-state index contributed by atoms with van der Waals surface area (Å²) in [7, 11) is 1.28. The molecule has 2 aromatic carbocycles. The molecule has 0 bridgehead atoms. The summed E-state index contributed by atoms with van der Waals surface area (Å²) in [5.74, 6) is -0.0906. The number of esters is 1. The zero-order chi connectivity index (χ0) is 17.1. The number of halogens is 1. The Balaban J connectivity index is 2.00. The van der Waals surface area contributed by atoms with Gasteiger partial charge in [0.2, 0.25) is 5.43 Å². The standard InChI is InChI=1S/C18H13ClO5/c1-22-17(20)10-23-11-6-7-13-16(8-11)24-9-14(18(13)21)12-4-2-3-5-15(12)19/h2-9H,10H2,1H3. The van der Waals surface area contributed by atoms with Gasteiger partial charge in [-0.05, 0) is 18.2 Å². The first-order valence-corrected chi connectivity index (χ1v) is 7.48. The summed E-state index contributed by atoms with van der Waals surface area (Å²) >= 11 is 6.15. The molecule has 24 heavy (non-hydrogen) atoms. The van der Waals surface area contributed by atoms with Gasteiger partial charge in [0.1, 0.15) is 17.6 Å². The average Bonchev–Trinajstić information content (AvgIpc) is 2.61. The fourth-order valence-corrected chi connectivity index (χ4v) is 2.50. The molecule has 1 heterocycles. The van der Waals surface area contributed by atoms with E-state index in [0.29, 0.717) is 32.9 Å². The topological polar surface area (TPSA) is 65.7 Å². The minimum atomic E-state index is -0.495. The molecule has 0 spiro atoms. The monoisotopic (exact) mass is 344 g/mol. The Morgan fingerprint density at radius 2 is 1.96 bits per heavy atom. The number of ether oxygens (including phenoxy) is 2. The van der Waals surface area contributed by atoms with Gasteiger partial charge >= 0.3 is 5.97 Å². The van der Waals surface area contributed by atoms with Gasteiger partial charge in [-0.2, -0.15) is 0 Å². The van der Waals surface area contributed by atoms with Gasteiger partial charge in [-0.3, -0.25) is 4.79 Å². The maximum atomic E-state index is 12.7. The van der Waals surface area contributed by atoms with Crippen LogP contribution in [0.2, 0.25) is 5.02 Å². The molecule has 3 aromatic rings. The average molecular weight is 345 g/mol. The minimum absolute atomic E-state index is 0.191. The third-order valence-corrected chi connectivity index (χ3v) is 3.82. The van der Waals surface area contributed by atoms with Crippen LogP contribution >= 0.6 is 11.6 Å². The number of hydrogen-bond donors (Lipinski definition) is 0. The van der Waals surface area contributed by atoms with Crippen molar-refractivity contribution in [1.29, 1.82) is 0 Å². The van der Waals surface area contributed by atoms with Crippen molar-refractivity contribution in [2.75, 3.05) is 13.7 Å². The lowest BCUT2D eigenvalue weighted by atomic mass is 10.1. The predicted octanol–water partition coefficient (Wildman–Crippen LogP) is 3.67. The van der Waals surface area contributed by atoms with Crippen LogP contribution < -0.4 is 10.2 Å². The van der Waals surface area contributed by atoms with Crippen LogP contribution in [0.4, 0.5) is 0 Å². The largest absolute Gasteiger partial charge is 0.482 e. The van der Waals surface area contributed by atoms with Crippen molar-refractivity contribution in [3.8, 4) is 16.9 Å². The van der Waals surface area contributed by atoms with Crippen molar-refractivity contribution >= 4 is 28.5 Å². The second-order valence-electron chi connectivity index (χ2n) is 4.98. The molecular weight excluding hydrogens is 332 g/mol. The second kappa shape index (κ2) is 6.76.